The van der Waals surface area contributed by atoms with Crippen LogP contribution in [0, 0.1) is 6.92 Å². The predicted octanol–water partition coefficient (Wildman–Crippen LogP) is 1.12. The summed E-state index contributed by atoms with van der Waals surface area (Å²) in [5.41, 5.74) is 8.30. The number of nitrogens with one attached hydrogen (secondary N) is 1. The molecule has 1 atom stereocenters. The van der Waals surface area contributed by atoms with Crippen LogP contribution >= 0.6 is 0 Å². The van der Waals surface area contributed by atoms with Crippen molar-refractivity contribution >= 4 is 28.4 Å². The van der Waals surface area contributed by atoms with Gasteiger partial charge in [-0.15, -0.1) is 6.58 Å². The highest BCUT2D eigenvalue weighted by Gasteiger charge is 2.27. The third kappa shape index (κ3) is 3.36. The van der Waals surface area contributed by atoms with E-state index in [1.165, 1.54) is 10.5 Å². The van der Waals surface area contributed by atoms with Crippen LogP contribution in [0.4, 0.5) is 5.82 Å². The number of anilines is 1. The van der Waals surface area contributed by atoms with E-state index in [0.717, 1.165) is 18.4 Å². The fourth-order valence-corrected chi connectivity index (χ4v) is 3.73. The minimum Gasteiger partial charge on any atom is -0.375 e. The number of ether oxygens (including phenoxy) is 1. The van der Waals surface area contributed by atoms with Gasteiger partial charge in [0.1, 0.15) is 10.9 Å². The van der Waals surface area contributed by atoms with Gasteiger partial charge in [-0.1, -0.05) is 17.1 Å². The maximum Gasteiger partial charge on any atom is 0.278 e. The summed E-state index contributed by atoms with van der Waals surface area (Å²) >= 11 is 0. The minimum absolute atomic E-state index is 0.0332. The number of fused-ring (bicyclic) bond motifs is 2. The molecule has 1 amide bonds. The second kappa shape index (κ2) is 7.63. The summed E-state index contributed by atoms with van der Waals surface area (Å²) in [6, 6.07) is 5.23. The molecule has 8 nitrogen and oxygen atoms in total. The number of amides is 1. The van der Waals surface area contributed by atoms with Gasteiger partial charge in [0.2, 0.25) is 11.5 Å². The van der Waals surface area contributed by atoms with Gasteiger partial charge in [0.15, 0.2) is 0 Å². The molecule has 1 aliphatic rings. The van der Waals surface area contributed by atoms with Crippen LogP contribution in [-0.2, 0) is 11.3 Å². The molecule has 4 heterocycles. The first kappa shape index (κ1) is 19.1. The van der Waals surface area contributed by atoms with Crippen LogP contribution in [-0.4, -0.2) is 34.5 Å². The molecule has 1 aliphatic heterocycles. The van der Waals surface area contributed by atoms with Crippen molar-refractivity contribution < 1.29 is 14.1 Å². The third-order valence-electron chi connectivity index (χ3n) is 5.24. The molecule has 0 radical (unpaired) electrons. The second-order valence-electron chi connectivity index (χ2n) is 7.23. The van der Waals surface area contributed by atoms with Crippen LogP contribution in [0.2, 0.25) is 0 Å². The number of nitrogens with zero attached hydrogens (tertiary/aromatic N) is 3. The van der Waals surface area contributed by atoms with Crippen molar-refractivity contribution in [3.63, 3.8) is 0 Å². The molecule has 29 heavy (non-hydrogen) atoms. The van der Waals surface area contributed by atoms with Crippen molar-refractivity contribution in [1.82, 2.24) is 14.7 Å². The SMILES string of the molecule is C=CCNC(=O)c1cc2c(=O)n3cccc(C)c3nc2[n+](C[C@H]2CCCO2)c1N. The Balaban J connectivity index is 2.00. The van der Waals surface area contributed by atoms with Gasteiger partial charge >= 0.3 is 0 Å². The quantitative estimate of drug-likeness (QED) is 0.384. The van der Waals surface area contributed by atoms with Crippen molar-refractivity contribution in [3.8, 4) is 0 Å². The second-order valence-corrected chi connectivity index (χ2v) is 7.23. The normalized spacial score (nSPS) is 16.4. The van der Waals surface area contributed by atoms with Gasteiger partial charge in [0.25, 0.3) is 17.1 Å². The minimum atomic E-state index is -0.362. The molecule has 0 saturated carbocycles. The first-order valence-electron chi connectivity index (χ1n) is 9.66. The Kier molecular flexibility index (Phi) is 5.02. The highest BCUT2D eigenvalue weighted by atomic mass is 16.5. The monoisotopic (exact) mass is 394 g/mol. The summed E-state index contributed by atoms with van der Waals surface area (Å²) in [5, 5.41) is 3.07. The van der Waals surface area contributed by atoms with E-state index in [4.69, 9.17) is 15.5 Å². The highest BCUT2D eigenvalue weighted by Crippen LogP contribution is 2.18. The number of nitrogens with two attached hydrogens (primary N) is 1. The van der Waals surface area contributed by atoms with Crippen molar-refractivity contribution in [2.45, 2.75) is 32.4 Å². The molecule has 0 aliphatic carbocycles. The molecular formula is C21H24N5O3+. The van der Waals surface area contributed by atoms with Crippen LogP contribution in [0.1, 0.15) is 28.8 Å². The van der Waals surface area contributed by atoms with Crippen LogP contribution in [0.15, 0.2) is 41.8 Å². The third-order valence-corrected chi connectivity index (χ3v) is 5.24. The fraction of sp³-hybridized carbons (Fsp3) is 0.333. The number of carbonyl (C=O) groups excluding carboxylic acids is 1. The molecule has 1 fully saturated rings. The van der Waals surface area contributed by atoms with Gasteiger partial charge in [0.05, 0.1) is 12.6 Å². The van der Waals surface area contributed by atoms with Crippen molar-refractivity contribution in [2.24, 2.45) is 0 Å². The average Bonchev–Trinajstić information content (AvgIpc) is 3.22. The zero-order valence-corrected chi connectivity index (χ0v) is 16.4. The molecule has 150 valence electrons. The lowest BCUT2D eigenvalue weighted by Gasteiger charge is -2.15. The molecule has 0 unspecified atom stereocenters. The van der Waals surface area contributed by atoms with E-state index in [1.807, 2.05) is 13.0 Å². The summed E-state index contributed by atoms with van der Waals surface area (Å²) in [5.74, 6) is -0.0986. The first-order chi connectivity index (χ1) is 14.0. The average molecular weight is 394 g/mol. The van der Waals surface area contributed by atoms with E-state index < -0.39 is 0 Å². The van der Waals surface area contributed by atoms with E-state index >= 15 is 0 Å². The molecule has 3 aromatic rings. The Morgan fingerprint density at radius 2 is 2.38 bits per heavy atom. The Morgan fingerprint density at radius 1 is 1.55 bits per heavy atom. The molecule has 3 aromatic heterocycles. The lowest BCUT2D eigenvalue weighted by Crippen LogP contribution is -2.46. The molecule has 0 aromatic carbocycles. The maximum absolute atomic E-state index is 13.2. The molecule has 4 rings (SSSR count). The summed E-state index contributed by atoms with van der Waals surface area (Å²) < 4.78 is 9.00. The lowest BCUT2D eigenvalue weighted by atomic mass is 10.1. The maximum atomic E-state index is 13.2. The number of hydrogen-bond acceptors (Lipinski definition) is 5. The molecular weight excluding hydrogens is 370 g/mol. The largest absolute Gasteiger partial charge is 0.375 e. The lowest BCUT2D eigenvalue weighted by molar-refractivity contribution is -0.666. The van der Waals surface area contributed by atoms with E-state index in [2.05, 4.69) is 11.9 Å². The molecule has 8 heteroatoms. The number of carbonyl (C=O) groups is 1. The molecule has 0 spiro atoms. The summed E-state index contributed by atoms with van der Waals surface area (Å²) in [7, 11) is 0. The number of nitrogen functional groups attached to an aromatic ring is 1. The summed E-state index contributed by atoms with van der Waals surface area (Å²) in [6.45, 7) is 6.94. The Morgan fingerprint density at radius 3 is 3.10 bits per heavy atom. The van der Waals surface area contributed by atoms with E-state index in [0.29, 0.717) is 36.4 Å². The Labute approximate surface area is 167 Å². The van der Waals surface area contributed by atoms with Crippen molar-refractivity contribution in [2.75, 3.05) is 18.9 Å². The number of aromatic nitrogens is 3. The first-order valence-corrected chi connectivity index (χ1v) is 9.66. The van der Waals surface area contributed by atoms with E-state index in [-0.39, 0.29) is 29.0 Å². The van der Waals surface area contributed by atoms with Gasteiger partial charge in [-0.25, -0.2) is 4.57 Å². The fourth-order valence-electron chi connectivity index (χ4n) is 3.73. The number of pyridine rings is 2. The topological polar surface area (TPSA) is 103 Å². The van der Waals surface area contributed by atoms with E-state index in [1.54, 1.807) is 22.9 Å². The summed E-state index contributed by atoms with van der Waals surface area (Å²) in [6.07, 6.45) is 5.10. The van der Waals surface area contributed by atoms with Gasteiger partial charge in [-0.05, 0) is 31.9 Å². The standard InChI is InChI=1S/C21H23N5O3/c1-3-8-23-20(27)15-11-16-19(26(17(15)22)12-14-7-5-10-29-14)24-18-13(2)6-4-9-25(18)21(16)28/h3-4,6,9,11,14,22H,1,5,7-8,10,12H2,2H3,(H,23,27)/p+1/t14-/m1/s1. The summed E-state index contributed by atoms with van der Waals surface area (Å²) in [4.78, 5) is 30.6. The van der Waals surface area contributed by atoms with Gasteiger partial charge in [0, 0.05) is 24.9 Å². The molecule has 0 bridgehead atoms. The van der Waals surface area contributed by atoms with Gasteiger partial charge in [-0.3, -0.25) is 14.0 Å². The Hall–Kier alpha value is -3.26. The van der Waals surface area contributed by atoms with Gasteiger partial charge in [-0.2, -0.15) is 0 Å². The zero-order chi connectivity index (χ0) is 20.5. The van der Waals surface area contributed by atoms with Crippen LogP contribution < -0.4 is 21.2 Å². The van der Waals surface area contributed by atoms with Crippen LogP contribution in [0.25, 0.3) is 16.7 Å². The predicted molar refractivity (Wildman–Crippen MR) is 110 cm³/mol. The van der Waals surface area contributed by atoms with E-state index in [9.17, 15) is 9.59 Å². The number of rotatable bonds is 5. The molecule has 3 N–H and O–H groups in total. The zero-order valence-electron chi connectivity index (χ0n) is 16.4. The van der Waals surface area contributed by atoms with Gasteiger partial charge < -0.3 is 15.8 Å². The number of hydrogen-bond donors (Lipinski definition) is 2. The van der Waals surface area contributed by atoms with Crippen LogP contribution in [0.3, 0.4) is 0 Å². The smallest absolute Gasteiger partial charge is 0.278 e. The highest BCUT2D eigenvalue weighted by molar-refractivity contribution is 6.00. The Bertz CT molecular complexity index is 1180. The van der Waals surface area contributed by atoms with Crippen LogP contribution in [0.5, 0.6) is 0 Å². The number of aryl methyl sites for hydroxylation is 1. The van der Waals surface area contributed by atoms with Crippen molar-refractivity contribution in [3.05, 3.63) is 58.5 Å². The van der Waals surface area contributed by atoms with Crippen molar-refractivity contribution in [1.29, 1.82) is 0 Å². The molecule has 1 saturated heterocycles.